The van der Waals surface area contributed by atoms with Gasteiger partial charge in [-0.05, 0) is 48.4 Å². The second kappa shape index (κ2) is 10.8. The minimum Gasteiger partial charge on any atom is -0.481 e. The fourth-order valence-electron chi connectivity index (χ4n) is 3.94. The van der Waals surface area contributed by atoms with Gasteiger partial charge in [-0.1, -0.05) is 13.0 Å². The van der Waals surface area contributed by atoms with Gasteiger partial charge in [0.1, 0.15) is 0 Å². The maximum atomic E-state index is 11.4. The molecule has 1 heterocycles. The van der Waals surface area contributed by atoms with E-state index in [0.29, 0.717) is 25.4 Å². The Labute approximate surface area is 183 Å². The number of carboxylic acids is 1. The molecule has 3 rings (SSSR count). The number of hydrogen-bond acceptors (Lipinski definition) is 6. The molecular weight excluding hydrogens is 394 g/mol. The van der Waals surface area contributed by atoms with E-state index in [2.05, 4.69) is 29.3 Å². The summed E-state index contributed by atoms with van der Waals surface area (Å²) in [5.74, 6) is -1.10. The Kier molecular flexibility index (Phi) is 7.88. The zero-order chi connectivity index (χ0) is 22.2. The summed E-state index contributed by atoms with van der Waals surface area (Å²) < 4.78 is 11.0. The topological polar surface area (TPSA) is 94.8 Å². The van der Waals surface area contributed by atoms with E-state index >= 15 is 0 Å². The molecule has 31 heavy (non-hydrogen) atoms. The van der Waals surface area contributed by atoms with E-state index in [1.165, 1.54) is 0 Å². The number of ether oxygens (including phenoxy) is 2. The van der Waals surface area contributed by atoms with Gasteiger partial charge in [0.15, 0.2) is 0 Å². The highest BCUT2D eigenvalue weighted by Crippen LogP contribution is 2.35. The zero-order valence-corrected chi connectivity index (χ0v) is 18.0. The predicted octanol–water partition coefficient (Wildman–Crippen LogP) is 4.12. The Morgan fingerprint density at radius 1 is 1.35 bits per heavy atom. The number of aliphatic carboxylic acids is 1. The number of nitrogens with one attached hydrogen (secondary N) is 1. The fraction of sp³-hybridized carbons (Fsp3) is 0.417. The van der Waals surface area contributed by atoms with Crippen LogP contribution in [0.25, 0.3) is 0 Å². The van der Waals surface area contributed by atoms with Gasteiger partial charge >= 0.3 is 5.97 Å². The molecule has 0 amide bonds. The van der Waals surface area contributed by atoms with Crippen LogP contribution in [0.5, 0.6) is 0 Å². The van der Waals surface area contributed by atoms with Crippen molar-refractivity contribution in [2.45, 2.75) is 31.7 Å². The standard InChI is InChI=1S/C24H29N3O4/c1-3-21-16-31-11-10-27(21)23-9-6-18(19(15-30-2)13-24(28)29)12-22(23)26-20-7-4-17(14-25)5-8-20/h4-9,12,19,21,26H,3,10-11,13,15-16H2,1-2H3,(H,28,29). The first-order valence-electron chi connectivity index (χ1n) is 10.5. The van der Waals surface area contributed by atoms with Crippen molar-refractivity contribution >= 4 is 23.0 Å². The number of rotatable bonds is 9. The molecule has 2 aromatic carbocycles. The number of morpholine rings is 1. The smallest absolute Gasteiger partial charge is 0.304 e. The van der Waals surface area contributed by atoms with Gasteiger partial charge in [0.25, 0.3) is 0 Å². The first-order valence-corrected chi connectivity index (χ1v) is 10.5. The quantitative estimate of drug-likeness (QED) is 0.626. The highest BCUT2D eigenvalue weighted by molar-refractivity contribution is 5.77. The molecule has 1 aliphatic heterocycles. The van der Waals surface area contributed by atoms with Crippen molar-refractivity contribution in [3.8, 4) is 6.07 Å². The first kappa shape index (κ1) is 22.6. The monoisotopic (exact) mass is 423 g/mol. The van der Waals surface area contributed by atoms with Crippen LogP contribution in [0.3, 0.4) is 0 Å². The SMILES string of the molecule is CCC1COCCN1c1ccc(C(COC)CC(=O)O)cc1Nc1ccc(C#N)cc1. The van der Waals surface area contributed by atoms with Crippen molar-refractivity contribution in [2.24, 2.45) is 0 Å². The molecule has 0 bridgehead atoms. The van der Waals surface area contributed by atoms with Crippen molar-refractivity contribution < 1.29 is 19.4 Å². The van der Waals surface area contributed by atoms with Crippen molar-refractivity contribution in [3.05, 3.63) is 53.6 Å². The lowest BCUT2D eigenvalue weighted by Crippen LogP contribution is -2.45. The number of methoxy groups -OCH3 is 1. The summed E-state index contributed by atoms with van der Waals surface area (Å²) in [5.41, 5.74) is 4.31. The maximum absolute atomic E-state index is 11.4. The summed E-state index contributed by atoms with van der Waals surface area (Å²) in [4.78, 5) is 13.7. The number of carboxylic acid groups (broad SMARTS) is 1. The predicted molar refractivity (Wildman–Crippen MR) is 120 cm³/mol. The van der Waals surface area contributed by atoms with Gasteiger partial charge in [-0.2, -0.15) is 5.26 Å². The zero-order valence-electron chi connectivity index (χ0n) is 18.0. The van der Waals surface area contributed by atoms with Crippen LogP contribution in [0.4, 0.5) is 17.1 Å². The van der Waals surface area contributed by atoms with Crippen molar-refractivity contribution in [3.63, 3.8) is 0 Å². The summed E-state index contributed by atoms with van der Waals surface area (Å²) in [6, 6.07) is 15.8. The number of benzene rings is 2. The average Bonchev–Trinajstić information content (AvgIpc) is 2.79. The molecule has 164 valence electrons. The second-order valence-electron chi connectivity index (χ2n) is 7.67. The third kappa shape index (κ3) is 5.75. The summed E-state index contributed by atoms with van der Waals surface area (Å²) in [5, 5.41) is 21.9. The van der Waals surface area contributed by atoms with E-state index < -0.39 is 5.97 Å². The third-order valence-corrected chi connectivity index (χ3v) is 5.58. The fourth-order valence-corrected chi connectivity index (χ4v) is 3.94. The molecule has 7 nitrogen and oxygen atoms in total. The Balaban J connectivity index is 2.00. The van der Waals surface area contributed by atoms with E-state index in [1.54, 1.807) is 19.2 Å². The molecule has 2 N–H and O–H groups in total. The number of hydrogen-bond donors (Lipinski definition) is 2. The Morgan fingerprint density at radius 2 is 2.13 bits per heavy atom. The molecular formula is C24H29N3O4. The number of carbonyl (C=O) groups is 1. The van der Waals surface area contributed by atoms with Crippen LogP contribution >= 0.6 is 0 Å². The molecule has 0 aliphatic carbocycles. The Morgan fingerprint density at radius 3 is 2.77 bits per heavy atom. The molecule has 7 heteroatoms. The normalized spacial score (nSPS) is 17.1. The van der Waals surface area contributed by atoms with Gasteiger partial charge in [-0.25, -0.2) is 0 Å². The number of nitriles is 1. The summed E-state index contributed by atoms with van der Waals surface area (Å²) in [6.45, 7) is 4.61. The molecule has 1 fully saturated rings. The van der Waals surface area contributed by atoms with Crippen LogP contribution in [0.2, 0.25) is 0 Å². The van der Waals surface area contributed by atoms with Crippen molar-refractivity contribution in [1.29, 1.82) is 5.26 Å². The van der Waals surface area contributed by atoms with Crippen LogP contribution in [0.15, 0.2) is 42.5 Å². The molecule has 0 radical (unpaired) electrons. The van der Waals surface area contributed by atoms with Crippen LogP contribution in [-0.4, -0.2) is 50.6 Å². The van der Waals surface area contributed by atoms with E-state index in [9.17, 15) is 9.90 Å². The van der Waals surface area contributed by atoms with E-state index in [0.717, 1.165) is 35.6 Å². The third-order valence-electron chi connectivity index (χ3n) is 5.58. The molecule has 1 aliphatic rings. The molecule has 2 atom stereocenters. The summed E-state index contributed by atoms with van der Waals surface area (Å²) in [6.07, 6.45) is 0.960. The van der Waals surface area contributed by atoms with Gasteiger partial charge in [0.05, 0.1) is 55.3 Å². The molecule has 2 aromatic rings. The average molecular weight is 424 g/mol. The van der Waals surface area contributed by atoms with Crippen LogP contribution in [-0.2, 0) is 14.3 Å². The minimum absolute atomic E-state index is 0.00136. The first-order chi connectivity index (χ1) is 15.0. The van der Waals surface area contributed by atoms with Gasteiger partial charge in [0.2, 0.25) is 0 Å². The lowest BCUT2D eigenvalue weighted by atomic mass is 9.95. The minimum atomic E-state index is -0.855. The Bertz CT molecular complexity index is 923. The van der Waals surface area contributed by atoms with Crippen LogP contribution < -0.4 is 10.2 Å². The lowest BCUT2D eigenvalue weighted by Gasteiger charge is -2.38. The van der Waals surface area contributed by atoms with Gasteiger partial charge in [-0.15, -0.1) is 0 Å². The maximum Gasteiger partial charge on any atom is 0.304 e. The van der Waals surface area contributed by atoms with Gasteiger partial charge < -0.3 is 24.8 Å². The highest BCUT2D eigenvalue weighted by atomic mass is 16.5. The Hall–Kier alpha value is -3.08. The molecule has 0 saturated carbocycles. The van der Waals surface area contributed by atoms with Crippen molar-refractivity contribution in [2.75, 3.05) is 43.7 Å². The van der Waals surface area contributed by atoms with E-state index in [4.69, 9.17) is 14.7 Å². The van der Waals surface area contributed by atoms with E-state index in [1.807, 2.05) is 24.3 Å². The largest absolute Gasteiger partial charge is 0.481 e. The molecule has 2 unspecified atom stereocenters. The lowest BCUT2D eigenvalue weighted by molar-refractivity contribution is -0.137. The number of anilines is 3. The molecule has 0 aromatic heterocycles. The van der Waals surface area contributed by atoms with Crippen LogP contribution in [0, 0.1) is 11.3 Å². The van der Waals surface area contributed by atoms with Gasteiger partial charge in [0, 0.05) is 25.3 Å². The summed E-state index contributed by atoms with van der Waals surface area (Å²) >= 11 is 0. The van der Waals surface area contributed by atoms with E-state index in [-0.39, 0.29) is 18.4 Å². The van der Waals surface area contributed by atoms with Gasteiger partial charge in [-0.3, -0.25) is 4.79 Å². The molecule has 1 saturated heterocycles. The second-order valence-corrected chi connectivity index (χ2v) is 7.67. The number of nitrogens with zero attached hydrogens (tertiary/aromatic N) is 2. The molecule has 0 spiro atoms. The van der Waals surface area contributed by atoms with Crippen LogP contribution in [0.1, 0.15) is 36.8 Å². The summed E-state index contributed by atoms with van der Waals surface area (Å²) in [7, 11) is 1.58. The van der Waals surface area contributed by atoms with Crippen molar-refractivity contribution in [1.82, 2.24) is 0 Å². The highest BCUT2D eigenvalue weighted by Gasteiger charge is 2.25.